The molecule has 0 atom stereocenters. The first kappa shape index (κ1) is 11.5. The van der Waals surface area contributed by atoms with Crippen molar-refractivity contribution in [3.05, 3.63) is 60.7 Å². The zero-order valence-electron chi connectivity index (χ0n) is 8.93. The van der Waals surface area contributed by atoms with Crippen molar-refractivity contribution in [2.45, 2.75) is 6.92 Å². The summed E-state index contributed by atoms with van der Waals surface area (Å²) in [6.45, 7) is 1.93. The van der Waals surface area contributed by atoms with E-state index < -0.39 is 0 Å². The average Bonchev–Trinajstić information content (AvgIpc) is 2.32. The van der Waals surface area contributed by atoms with Gasteiger partial charge in [0.1, 0.15) is 0 Å². The summed E-state index contributed by atoms with van der Waals surface area (Å²) in [6.07, 6.45) is 0. The molecule has 0 heterocycles. The highest BCUT2D eigenvalue weighted by atomic mass is 16.2. The third kappa shape index (κ3) is 3.96. The van der Waals surface area contributed by atoms with Crippen LogP contribution in [0.4, 0.5) is 0 Å². The molecule has 2 aromatic carbocycles. The molecular formula is C14H16O. The van der Waals surface area contributed by atoms with E-state index in [1.165, 1.54) is 11.1 Å². The molecule has 0 saturated carbocycles. The lowest BCUT2D eigenvalue weighted by Gasteiger charge is -1.98. The van der Waals surface area contributed by atoms with Gasteiger partial charge < -0.3 is 5.11 Å². The van der Waals surface area contributed by atoms with Crippen molar-refractivity contribution in [2.75, 3.05) is 6.61 Å². The molecule has 0 aliphatic rings. The minimum absolute atomic E-state index is 0.250. The van der Waals surface area contributed by atoms with Crippen LogP contribution in [0.2, 0.25) is 0 Å². The Morgan fingerprint density at radius 3 is 1.27 bits per heavy atom. The van der Waals surface area contributed by atoms with Crippen molar-refractivity contribution in [2.24, 2.45) is 0 Å². The number of aliphatic hydroxyl groups excluding tert-OH is 1. The normalized spacial score (nSPS) is 8.93. The first-order chi connectivity index (χ1) is 7.38. The standard InChI is InChI=1S/C12H10.C2H6O/c1-3-7-11(8-4-1)12-9-5-2-6-10-12;1-2-3/h1-10H;3H,2H2,1H3. The molecule has 2 rings (SSSR count). The van der Waals surface area contributed by atoms with E-state index in [-0.39, 0.29) is 6.61 Å². The van der Waals surface area contributed by atoms with Gasteiger partial charge in [-0.3, -0.25) is 0 Å². The van der Waals surface area contributed by atoms with Gasteiger partial charge in [-0.15, -0.1) is 0 Å². The Bertz CT molecular complexity index is 316. The fourth-order valence-corrected chi connectivity index (χ4v) is 1.26. The first-order valence-corrected chi connectivity index (χ1v) is 5.09. The van der Waals surface area contributed by atoms with Crippen LogP contribution in [-0.2, 0) is 0 Å². The van der Waals surface area contributed by atoms with Crippen LogP contribution >= 0.6 is 0 Å². The molecular weight excluding hydrogens is 184 g/mol. The molecule has 2 aromatic rings. The molecule has 78 valence electrons. The van der Waals surface area contributed by atoms with E-state index in [1.807, 2.05) is 12.1 Å². The molecule has 0 aliphatic carbocycles. The van der Waals surface area contributed by atoms with Gasteiger partial charge in [0, 0.05) is 6.61 Å². The fourth-order valence-electron chi connectivity index (χ4n) is 1.26. The van der Waals surface area contributed by atoms with E-state index >= 15 is 0 Å². The van der Waals surface area contributed by atoms with Crippen LogP contribution in [0.15, 0.2) is 60.7 Å². The molecule has 15 heavy (non-hydrogen) atoms. The number of benzene rings is 2. The predicted octanol–water partition coefficient (Wildman–Crippen LogP) is 3.35. The van der Waals surface area contributed by atoms with Crippen molar-refractivity contribution >= 4 is 0 Å². The van der Waals surface area contributed by atoms with Crippen molar-refractivity contribution in [1.29, 1.82) is 0 Å². The van der Waals surface area contributed by atoms with E-state index in [9.17, 15) is 0 Å². The molecule has 1 nitrogen and oxygen atoms in total. The maximum absolute atomic E-state index is 7.57. The van der Waals surface area contributed by atoms with Crippen molar-refractivity contribution < 1.29 is 5.11 Å². The Morgan fingerprint density at radius 1 is 0.733 bits per heavy atom. The van der Waals surface area contributed by atoms with Crippen LogP contribution in [0, 0.1) is 0 Å². The minimum Gasteiger partial charge on any atom is -0.397 e. The van der Waals surface area contributed by atoms with Crippen LogP contribution in [0.3, 0.4) is 0 Å². The second-order valence-electron chi connectivity index (χ2n) is 3.05. The highest BCUT2D eigenvalue weighted by Gasteiger charge is 1.91. The molecule has 0 unspecified atom stereocenters. The quantitative estimate of drug-likeness (QED) is 0.748. The molecule has 0 spiro atoms. The SMILES string of the molecule is CCO.c1ccc(-c2ccccc2)cc1. The summed E-state index contributed by atoms with van der Waals surface area (Å²) in [7, 11) is 0. The second kappa shape index (κ2) is 6.80. The lowest BCUT2D eigenvalue weighted by molar-refractivity contribution is 0.318. The predicted molar refractivity (Wildman–Crippen MR) is 64.6 cm³/mol. The topological polar surface area (TPSA) is 20.2 Å². The molecule has 0 aliphatic heterocycles. The lowest BCUT2D eigenvalue weighted by Crippen LogP contribution is -1.73. The third-order valence-corrected chi connectivity index (χ3v) is 1.88. The molecule has 1 N–H and O–H groups in total. The van der Waals surface area contributed by atoms with E-state index in [2.05, 4.69) is 48.5 Å². The summed E-state index contributed by atoms with van der Waals surface area (Å²) in [5.41, 5.74) is 2.55. The average molecular weight is 200 g/mol. The number of hydrogen-bond acceptors (Lipinski definition) is 1. The van der Waals surface area contributed by atoms with Crippen molar-refractivity contribution in [3.8, 4) is 11.1 Å². The third-order valence-electron chi connectivity index (χ3n) is 1.88. The summed E-state index contributed by atoms with van der Waals surface area (Å²) in [6, 6.07) is 20.8. The second-order valence-corrected chi connectivity index (χ2v) is 3.05. The molecule has 0 radical (unpaired) electrons. The fraction of sp³-hybridized carbons (Fsp3) is 0.143. The molecule has 0 fully saturated rings. The molecule has 0 aromatic heterocycles. The Morgan fingerprint density at radius 2 is 1.00 bits per heavy atom. The number of aliphatic hydroxyl groups is 1. The highest BCUT2D eigenvalue weighted by Crippen LogP contribution is 2.17. The maximum Gasteiger partial charge on any atom is 0.0402 e. The van der Waals surface area contributed by atoms with Crippen LogP contribution in [0.5, 0.6) is 0 Å². The van der Waals surface area contributed by atoms with Gasteiger partial charge in [0.15, 0.2) is 0 Å². The molecule has 1 heteroatoms. The van der Waals surface area contributed by atoms with E-state index in [0.717, 1.165) is 0 Å². The van der Waals surface area contributed by atoms with Gasteiger partial charge >= 0.3 is 0 Å². The van der Waals surface area contributed by atoms with Crippen molar-refractivity contribution in [3.63, 3.8) is 0 Å². The number of rotatable bonds is 1. The van der Waals surface area contributed by atoms with Crippen LogP contribution in [0.1, 0.15) is 6.92 Å². The first-order valence-electron chi connectivity index (χ1n) is 5.09. The van der Waals surface area contributed by atoms with E-state index in [0.29, 0.717) is 0 Å². The highest BCUT2D eigenvalue weighted by molar-refractivity contribution is 5.62. The van der Waals surface area contributed by atoms with Crippen LogP contribution in [0.25, 0.3) is 11.1 Å². The zero-order valence-corrected chi connectivity index (χ0v) is 8.93. The summed E-state index contributed by atoms with van der Waals surface area (Å²) in [5.74, 6) is 0. The van der Waals surface area contributed by atoms with Gasteiger partial charge in [0.25, 0.3) is 0 Å². The molecule has 0 bridgehead atoms. The van der Waals surface area contributed by atoms with Gasteiger partial charge in [-0.1, -0.05) is 60.7 Å². The van der Waals surface area contributed by atoms with Gasteiger partial charge in [0.2, 0.25) is 0 Å². The largest absolute Gasteiger partial charge is 0.397 e. The van der Waals surface area contributed by atoms with Gasteiger partial charge in [-0.2, -0.15) is 0 Å². The van der Waals surface area contributed by atoms with E-state index in [4.69, 9.17) is 5.11 Å². The monoisotopic (exact) mass is 200 g/mol. The Balaban J connectivity index is 0.000000337. The Hall–Kier alpha value is -1.60. The summed E-state index contributed by atoms with van der Waals surface area (Å²) < 4.78 is 0. The number of hydrogen-bond donors (Lipinski definition) is 1. The molecule has 0 amide bonds. The van der Waals surface area contributed by atoms with E-state index in [1.54, 1.807) is 6.92 Å². The maximum atomic E-state index is 7.57. The van der Waals surface area contributed by atoms with Crippen molar-refractivity contribution in [1.82, 2.24) is 0 Å². The van der Waals surface area contributed by atoms with Crippen LogP contribution < -0.4 is 0 Å². The lowest BCUT2D eigenvalue weighted by atomic mass is 10.1. The summed E-state index contributed by atoms with van der Waals surface area (Å²) in [4.78, 5) is 0. The summed E-state index contributed by atoms with van der Waals surface area (Å²) >= 11 is 0. The van der Waals surface area contributed by atoms with Gasteiger partial charge in [-0.05, 0) is 18.1 Å². The van der Waals surface area contributed by atoms with Gasteiger partial charge in [0.05, 0.1) is 0 Å². The zero-order chi connectivity index (χ0) is 10.9. The Kier molecular flexibility index (Phi) is 5.20. The molecule has 0 saturated heterocycles. The Labute approximate surface area is 91.0 Å². The smallest absolute Gasteiger partial charge is 0.0402 e. The minimum atomic E-state index is 0.250. The van der Waals surface area contributed by atoms with Gasteiger partial charge in [-0.25, -0.2) is 0 Å². The summed E-state index contributed by atoms with van der Waals surface area (Å²) in [5, 5.41) is 7.57. The van der Waals surface area contributed by atoms with Crippen LogP contribution in [-0.4, -0.2) is 11.7 Å².